The number of nitrogens with zero attached hydrogens (tertiary/aromatic N) is 3. The summed E-state index contributed by atoms with van der Waals surface area (Å²) in [5.41, 5.74) is 6.97. The molecular weight excluding hydrogens is 248 g/mol. The van der Waals surface area contributed by atoms with Crippen LogP contribution in [0.5, 0.6) is 0 Å². The van der Waals surface area contributed by atoms with E-state index in [9.17, 15) is 0 Å². The highest BCUT2D eigenvalue weighted by Gasteiger charge is 2.30. The SMILES string of the molecule is Cc1c(N)nsc1N1CCC(N2CCOCC2)C1. The van der Waals surface area contributed by atoms with E-state index in [1.54, 1.807) is 0 Å². The van der Waals surface area contributed by atoms with Crippen molar-refractivity contribution < 1.29 is 4.74 Å². The van der Waals surface area contributed by atoms with Gasteiger partial charge >= 0.3 is 0 Å². The average Bonchev–Trinajstić information content (AvgIpc) is 3.00. The minimum Gasteiger partial charge on any atom is -0.383 e. The lowest BCUT2D eigenvalue weighted by molar-refractivity contribution is 0.0209. The Hall–Kier alpha value is -0.850. The van der Waals surface area contributed by atoms with E-state index in [0.29, 0.717) is 11.9 Å². The fraction of sp³-hybridized carbons (Fsp3) is 0.750. The smallest absolute Gasteiger partial charge is 0.142 e. The van der Waals surface area contributed by atoms with Gasteiger partial charge in [-0.1, -0.05) is 0 Å². The molecule has 2 N–H and O–H groups in total. The maximum atomic E-state index is 5.83. The first-order valence-corrected chi connectivity index (χ1v) is 7.31. The van der Waals surface area contributed by atoms with Crippen LogP contribution in [-0.4, -0.2) is 54.7 Å². The summed E-state index contributed by atoms with van der Waals surface area (Å²) in [7, 11) is 0. The average molecular weight is 268 g/mol. The Morgan fingerprint density at radius 2 is 2.11 bits per heavy atom. The van der Waals surface area contributed by atoms with Crippen LogP contribution in [-0.2, 0) is 4.74 Å². The van der Waals surface area contributed by atoms with E-state index in [0.717, 1.165) is 45.0 Å². The normalized spacial score (nSPS) is 25.8. The summed E-state index contributed by atoms with van der Waals surface area (Å²) in [4.78, 5) is 4.99. The molecule has 0 aromatic carbocycles. The van der Waals surface area contributed by atoms with Gasteiger partial charge in [0.1, 0.15) is 10.8 Å². The summed E-state index contributed by atoms with van der Waals surface area (Å²) >= 11 is 1.53. The molecule has 100 valence electrons. The Morgan fingerprint density at radius 1 is 1.33 bits per heavy atom. The maximum absolute atomic E-state index is 5.83. The van der Waals surface area contributed by atoms with Crippen LogP contribution in [0.4, 0.5) is 10.8 Å². The summed E-state index contributed by atoms with van der Waals surface area (Å²) in [5.74, 6) is 0.685. The molecule has 2 aliphatic heterocycles. The van der Waals surface area contributed by atoms with Crippen molar-refractivity contribution in [1.82, 2.24) is 9.27 Å². The van der Waals surface area contributed by atoms with Crippen molar-refractivity contribution >= 4 is 22.4 Å². The molecule has 2 saturated heterocycles. The predicted octanol–water partition coefficient (Wildman–Crippen LogP) is 0.945. The number of aromatic nitrogens is 1. The van der Waals surface area contributed by atoms with E-state index in [2.05, 4.69) is 21.1 Å². The zero-order chi connectivity index (χ0) is 12.5. The molecular formula is C12H20N4OS. The lowest BCUT2D eigenvalue weighted by Gasteiger charge is -2.32. The van der Waals surface area contributed by atoms with Crippen LogP contribution in [0.25, 0.3) is 0 Å². The zero-order valence-electron chi connectivity index (χ0n) is 10.8. The Balaban J connectivity index is 1.66. The van der Waals surface area contributed by atoms with Gasteiger partial charge in [0.15, 0.2) is 0 Å². The van der Waals surface area contributed by atoms with Crippen molar-refractivity contribution in [3.05, 3.63) is 5.56 Å². The first-order valence-electron chi connectivity index (χ1n) is 6.54. The highest BCUT2D eigenvalue weighted by molar-refractivity contribution is 7.10. The van der Waals surface area contributed by atoms with Gasteiger partial charge in [-0.25, -0.2) is 0 Å². The van der Waals surface area contributed by atoms with Gasteiger partial charge in [-0.2, -0.15) is 4.37 Å². The van der Waals surface area contributed by atoms with Gasteiger partial charge in [0.05, 0.1) is 13.2 Å². The van der Waals surface area contributed by atoms with Crippen molar-refractivity contribution in [3.63, 3.8) is 0 Å². The molecule has 1 atom stereocenters. The minimum absolute atomic E-state index is 0.664. The number of morpholine rings is 1. The topological polar surface area (TPSA) is 54.6 Å². The van der Waals surface area contributed by atoms with E-state index in [4.69, 9.17) is 10.5 Å². The van der Waals surface area contributed by atoms with Gasteiger partial charge < -0.3 is 15.4 Å². The van der Waals surface area contributed by atoms with E-state index >= 15 is 0 Å². The standard InChI is InChI=1S/C12H20N4OS/c1-9-11(13)14-18-12(9)16-3-2-10(8-16)15-4-6-17-7-5-15/h10H,2-8H2,1H3,(H2,13,14). The Morgan fingerprint density at radius 3 is 2.78 bits per heavy atom. The highest BCUT2D eigenvalue weighted by Crippen LogP contribution is 2.32. The number of hydrogen-bond acceptors (Lipinski definition) is 6. The lowest BCUT2D eigenvalue weighted by atomic mass is 10.2. The first kappa shape index (κ1) is 12.2. The number of anilines is 2. The second kappa shape index (κ2) is 5.03. The van der Waals surface area contributed by atoms with Gasteiger partial charge in [0.2, 0.25) is 0 Å². The van der Waals surface area contributed by atoms with Crippen LogP contribution in [0.1, 0.15) is 12.0 Å². The second-order valence-corrected chi connectivity index (χ2v) is 5.79. The number of ether oxygens (including phenoxy) is 1. The molecule has 3 rings (SSSR count). The van der Waals surface area contributed by atoms with Gasteiger partial charge in [-0.15, -0.1) is 0 Å². The van der Waals surface area contributed by atoms with Crippen LogP contribution in [0.3, 0.4) is 0 Å². The van der Waals surface area contributed by atoms with Crippen LogP contribution in [0.2, 0.25) is 0 Å². The monoisotopic (exact) mass is 268 g/mol. The third-order valence-electron chi connectivity index (χ3n) is 3.95. The van der Waals surface area contributed by atoms with E-state index in [1.807, 2.05) is 0 Å². The molecule has 5 nitrogen and oxygen atoms in total. The maximum Gasteiger partial charge on any atom is 0.142 e. The molecule has 0 bridgehead atoms. The molecule has 1 unspecified atom stereocenters. The quantitative estimate of drug-likeness (QED) is 0.865. The molecule has 0 aliphatic carbocycles. The summed E-state index contributed by atoms with van der Waals surface area (Å²) < 4.78 is 9.66. The summed E-state index contributed by atoms with van der Waals surface area (Å²) in [5, 5.41) is 1.25. The van der Waals surface area contributed by atoms with E-state index in [1.165, 1.54) is 23.0 Å². The molecule has 6 heteroatoms. The van der Waals surface area contributed by atoms with E-state index < -0.39 is 0 Å². The lowest BCUT2D eigenvalue weighted by Crippen LogP contribution is -2.44. The van der Waals surface area contributed by atoms with Gasteiger partial charge in [0.25, 0.3) is 0 Å². The summed E-state index contributed by atoms with van der Waals surface area (Å²) in [6, 6.07) is 0.664. The van der Waals surface area contributed by atoms with Crippen molar-refractivity contribution in [2.45, 2.75) is 19.4 Å². The molecule has 0 spiro atoms. The molecule has 1 aromatic heterocycles. The molecule has 3 heterocycles. The largest absolute Gasteiger partial charge is 0.383 e. The number of nitrogen functional groups attached to an aromatic ring is 1. The summed E-state index contributed by atoms with van der Waals surface area (Å²) in [6.45, 7) is 8.18. The summed E-state index contributed by atoms with van der Waals surface area (Å²) in [6.07, 6.45) is 1.23. The van der Waals surface area contributed by atoms with Gasteiger partial charge in [-0.3, -0.25) is 4.90 Å². The number of hydrogen-bond donors (Lipinski definition) is 1. The van der Waals surface area contributed by atoms with Crippen LogP contribution < -0.4 is 10.6 Å². The Kier molecular flexibility index (Phi) is 3.41. The van der Waals surface area contributed by atoms with Crippen LogP contribution >= 0.6 is 11.5 Å². The Labute approximate surface area is 112 Å². The molecule has 2 aliphatic rings. The molecule has 0 saturated carbocycles. The molecule has 2 fully saturated rings. The van der Waals surface area contributed by atoms with Gasteiger partial charge in [-0.05, 0) is 24.9 Å². The third kappa shape index (κ3) is 2.20. The second-order valence-electron chi connectivity index (χ2n) is 5.03. The van der Waals surface area contributed by atoms with Crippen molar-refractivity contribution in [1.29, 1.82) is 0 Å². The minimum atomic E-state index is 0.664. The Bertz CT molecular complexity index is 416. The third-order valence-corrected chi connectivity index (χ3v) is 4.97. The predicted molar refractivity (Wildman–Crippen MR) is 74.3 cm³/mol. The van der Waals surface area contributed by atoms with Crippen LogP contribution in [0.15, 0.2) is 0 Å². The molecule has 18 heavy (non-hydrogen) atoms. The molecule has 0 radical (unpaired) electrons. The van der Waals surface area contributed by atoms with Crippen molar-refractivity contribution in [3.8, 4) is 0 Å². The van der Waals surface area contributed by atoms with Crippen LogP contribution in [0, 0.1) is 6.92 Å². The fourth-order valence-corrected chi connectivity index (χ4v) is 3.65. The van der Waals surface area contributed by atoms with Crippen molar-refractivity contribution in [2.24, 2.45) is 0 Å². The van der Waals surface area contributed by atoms with E-state index in [-0.39, 0.29) is 0 Å². The molecule has 0 amide bonds. The van der Waals surface area contributed by atoms with Gasteiger partial charge in [0, 0.05) is 37.8 Å². The fourth-order valence-electron chi connectivity index (χ4n) is 2.80. The zero-order valence-corrected chi connectivity index (χ0v) is 11.6. The highest BCUT2D eigenvalue weighted by atomic mass is 32.1. The number of rotatable bonds is 2. The number of nitrogens with two attached hydrogens (primary N) is 1. The first-order chi connectivity index (χ1) is 8.75. The van der Waals surface area contributed by atoms with Crippen molar-refractivity contribution in [2.75, 3.05) is 50.0 Å². The molecule has 1 aromatic rings.